The molecule has 0 saturated carbocycles. The molecule has 3 heterocycles. The molecule has 50 heavy (non-hydrogen) atoms. The fraction of sp³-hybridized carbons (Fsp3) is 0.425. The van der Waals surface area contributed by atoms with Gasteiger partial charge in [-0.05, 0) is 72.9 Å². The molecule has 1 N–H and O–H groups in total. The van der Waals surface area contributed by atoms with Crippen molar-refractivity contribution < 1.29 is 24.2 Å². The van der Waals surface area contributed by atoms with Gasteiger partial charge in [-0.1, -0.05) is 72.3 Å². The maximum Gasteiger partial charge on any atom is 0.251 e. The average molecular weight is 761 g/mol. The molecule has 0 radical (unpaired) electrons. The van der Waals surface area contributed by atoms with Crippen LogP contribution in [0.2, 0.25) is 0 Å². The van der Waals surface area contributed by atoms with Gasteiger partial charge in [0.05, 0.1) is 35.8 Å². The van der Waals surface area contributed by atoms with Crippen molar-refractivity contribution in [1.82, 2.24) is 4.90 Å². The highest BCUT2D eigenvalue weighted by atomic mass is 79.9. The maximum absolute atomic E-state index is 15.2. The van der Waals surface area contributed by atoms with Gasteiger partial charge in [0.15, 0.2) is 0 Å². The predicted molar refractivity (Wildman–Crippen MR) is 206 cm³/mol. The summed E-state index contributed by atoms with van der Waals surface area (Å²) in [4.78, 5) is 50.0. The third-order valence-electron chi connectivity index (χ3n) is 10.3. The fourth-order valence-corrected chi connectivity index (χ4v) is 11.9. The van der Waals surface area contributed by atoms with E-state index in [-0.39, 0.29) is 53.4 Å². The van der Waals surface area contributed by atoms with Crippen molar-refractivity contribution in [2.75, 3.05) is 36.1 Å². The zero-order valence-corrected chi connectivity index (χ0v) is 31.3. The van der Waals surface area contributed by atoms with Gasteiger partial charge in [-0.2, -0.15) is 0 Å². The number of halogens is 1. The molecule has 1 spiro atoms. The zero-order chi connectivity index (χ0) is 35.7. The minimum Gasteiger partial charge on any atom is -0.494 e. The second-order valence-electron chi connectivity index (χ2n) is 13.8. The largest absolute Gasteiger partial charge is 0.494 e. The van der Waals surface area contributed by atoms with Crippen LogP contribution in [0.3, 0.4) is 0 Å². The molecule has 8 nitrogen and oxygen atoms in total. The molecule has 6 rings (SSSR count). The quantitative estimate of drug-likeness (QED) is 0.143. The van der Waals surface area contributed by atoms with Crippen molar-refractivity contribution in [1.29, 1.82) is 0 Å². The van der Waals surface area contributed by atoms with Crippen LogP contribution in [0.25, 0.3) is 10.8 Å². The molecule has 0 aromatic heterocycles. The average Bonchev–Trinajstić information content (AvgIpc) is 3.71. The first-order chi connectivity index (χ1) is 24.1. The minimum atomic E-state index is -0.895. The van der Waals surface area contributed by atoms with Crippen molar-refractivity contribution in [3.05, 3.63) is 92.0 Å². The standard InChI is InChI=1S/C40H46BrN3O5S/c1-6-19-42(28-15-17-31(18-16-28)49-8-3)37(46)33-34-38(47)44(30(24-45)21-25(4)5)36(40(34)23-32(41)35(33)50-40)39(48)43(20-7-2)29-14-13-26-11-9-10-12-27(26)22-29/h6-7,9-18,22,25,30,32-36,45H,1-2,8,19-21,23-24H2,3-5H3/t30-,32?,33+,34+,35+,36?,40?/m1/s1. The Morgan fingerprint density at radius 3 is 2.28 bits per heavy atom. The molecule has 7 atom stereocenters. The zero-order valence-electron chi connectivity index (χ0n) is 28.9. The summed E-state index contributed by atoms with van der Waals surface area (Å²) in [5.74, 6) is -1.21. The highest BCUT2D eigenvalue weighted by Crippen LogP contribution is 2.68. The van der Waals surface area contributed by atoms with Gasteiger partial charge in [-0.25, -0.2) is 0 Å². The Morgan fingerprint density at radius 1 is 1.02 bits per heavy atom. The molecule has 3 aromatic carbocycles. The van der Waals surface area contributed by atoms with Gasteiger partial charge < -0.3 is 24.5 Å². The SMILES string of the molecule is C=CCN(C(=O)C1N([C@@H](CO)CC(C)C)C(=O)[C@@H]2[C@H](C(=O)N(CC=C)c3ccc(OCC)cc3)[C@H]3SC12CC3Br)c1ccc2ccccc2c1. The molecule has 3 fully saturated rings. The number of thioether (sulfide) groups is 1. The lowest BCUT2D eigenvalue weighted by molar-refractivity contribution is -0.142. The molecule has 3 saturated heterocycles. The summed E-state index contributed by atoms with van der Waals surface area (Å²) in [5.41, 5.74) is 1.39. The van der Waals surface area contributed by atoms with Crippen LogP contribution in [-0.4, -0.2) is 80.9 Å². The first kappa shape index (κ1) is 36.2. The monoisotopic (exact) mass is 759 g/mol. The summed E-state index contributed by atoms with van der Waals surface area (Å²) in [7, 11) is 0. The van der Waals surface area contributed by atoms with Gasteiger partial charge in [0, 0.05) is 34.5 Å². The van der Waals surface area contributed by atoms with Gasteiger partial charge in [0.1, 0.15) is 11.8 Å². The molecule has 3 aromatic rings. The van der Waals surface area contributed by atoms with E-state index >= 15 is 9.59 Å². The summed E-state index contributed by atoms with van der Waals surface area (Å²) in [6.07, 6.45) is 4.45. The summed E-state index contributed by atoms with van der Waals surface area (Å²) in [5, 5.41) is 12.6. The third kappa shape index (κ3) is 6.28. The molecule has 3 unspecified atom stereocenters. The molecule has 264 valence electrons. The smallest absolute Gasteiger partial charge is 0.251 e. The van der Waals surface area contributed by atoms with Crippen LogP contribution in [-0.2, 0) is 14.4 Å². The van der Waals surface area contributed by atoms with Gasteiger partial charge in [0.2, 0.25) is 11.8 Å². The second-order valence-corrected chi connectivity index (χ2v) is 16.5. The number of benzene rings is 3. The molecular formula is C40H46BrN3O5S. The number of hydrogen-bond acceptors (Lipinski definition) is 6. The molecule has 3 aliphatic heterocycles. The van der Waals surface area contributed by atoms with E-state index in [1.165, 1.54) is 0 Å². The Labute approximate surface area is 307 Å². The molecular weight excluding hydrogens is 714 g/mol. The number of hydrogen-bond donors (Lipinski definition) is 1. The number of nitrogens with zero attached hydrogens (tertiary/aromatic N) is 3. The van der Waals surface area contributed by atoms with Crippen LogP contribution in [0.5, 0.6) is 5.75 Å². The number of rotatable bonds is 14. The lowest BCUT2D eigenvalue weighted by Gasteiger charge is -2.40. The molecule has 3 aliphatic rings. The van der Waals surface area contributed by atoms with Crippen LogP contribution in [0.1, 0.15) is 33.6 Å². The van der Waals surface area contributed by atoms with Crippen molar-refractivity contribution in [2.45, 2.75) is 60.5 Å². The molecule has 0 aliphatic carbocycles. The van der Waals surface area contributed by atoms with Crippen LogP contribution in [0.4, 0.5) is 11.4 Å². The van der Waals surface area contributed by atoms with Gasteiger partial charge in [-0.15, -0.1) is 24.9 Å². The summed E-state index contributed by atoms with van der Waals surface area (Å²) in [6.45, 7) is 14.6. The number of carbonyl (C=O) groups excluding carboxylic acids is 3. The van der Waals surface area contributed by atoms with Gasteiger partial charge in [-0.3, -0.25) is 14.4 Å². The highest BCUT2D eigenvalue weighted by molar-refractivity contribution is 9.09. The van der Waals surface area contributed by atoms with E-state index < -0.39 is 28.7 Å². The van der Waals surface area contributed by atoms with Crippen LogP contribution >= 0.6 is 27.7 Å². The van der Waals surface area contributed by atoms with Crippen LogP contribution in [0.15, 0.2) is 92.0 Å². The molecule has 10 heteroatoms. The van der Waals surface area contributed by atoms with Crippen LogP contribution in [0, 0.1) is 17.8 Å². The Kier molecular flexibility index (Phi) is 10.8. The van der Waals surface area contributed by atoms with Crippen LogP contribution < -0.4 is 14.5 Å². The van der Waals surface area contributed by atoms with Crippen molar-refractivity contribution in [3.63, 3.8) is 0 Å². The number of anilines is 2. The number of ether oxygens (including phenoxy) is 1. The number of alkyl halides is 1. The summed E-state index contributed by atoms with van der Waals surface area (Å²) in [6, 6.07) is 19.8. The van der Waals surface area contributed by atoms with E-state index in [2.05, 4.69) is 29.1 Å². The molecule has 3 amide bonds. The van der Waals surface area contributed by atoms with E-state index in [1.807, 2.05) is 87.5 Å². The number of aliphatic hydroxyl groups excluding tert-OH is 1. The number of likely N-dealkylation sites (tertiary alicyclic amines) is 1. The van der Waals surface area contributed by atoms with Crippen molar-refractivity contribution >= 4 is 67.6 Å². The van der Waals surface area contributed by atoms with Crippen molar-refractivity contribution in [2.24, 2.45) is 17.8 Å². The third-order valence-corrected chi connectivity index (χ3v) is 13.5. The molecule has 2 bridgehead atoms. The number of amides is 3. The van der Waals surface area contributed by atoms with E-state index in [1.54, 1.807) is 38.6 Å². The van der Waals surface area contributed by atoms with Gasteiger partial charge in [0.25, 0.3) is 5.91 Å². The van der Waals surface area contributed by atoms with E-state index in [4.69, 9.17) is 4.74 Å². The predicted octanol–water partition coefficient (Wildman–Crippen LogP) is 6.85. The Hall–Kier alpha value is -3.60. The summed E-state index contributed by atoms with van der Waals surface area (Å²) < 4.78 is 4.75. The minimum absolute atomic E-state index is 0.0992. The maximum atomic E-state index is 15.2. The topological polar surface area (TPSA) is 90.4 Å². The van der Waals surface area contributed by atoms with E-state index in [0.717, 1.165) is 10.8 Å². The number of aliphatic hydroxyl groups is 1. The van der Waals surface area contributed by atoms with Gasteiger partial charge >= 0.3 is 0 Å². The van der Waals surface area contributed by atoms with E-state index in [9.17, 15) is 9.90 Å². The Morgan fingerprint density at radius 2 is 1.66 bits per heavy atom. The Balaban J connectivity index is 1.45. The van der Waals surface area contributed by atoms with E-state index in [0.29, 0.717) is 36.6 Å². The normalized spacial score (nSPS) is 25.8. The fourth-order valence-electron chi connectivity index (χ4n) is 8.31. The number of carbonyl (C=O) groups is 3. The first-order valence-electron chi connectivity index (χ1n) is 17.4. The first-order valence-corrected chi connectivity index (χ1v) is 19.2. The number of fused-ring (bicyclic) bond motifs is 2. The lowest BCUT2D eigenvalue weighted by Crippen LogP contribution is -2.58. The second kappa shape index (κ2) is 14.9. The van der Waals surface area contributed by atoms with Crippen molar-refractivity contribution in [3.8, 4) is 5.75 Å². The highest BCUT2D eigenvalue weighted by Gasteiger charge is 2.76. The Bertz CT molecular complexity index is 1770. The summed E-state index contributed by atoms with van der Waals surface area (Å²) >= 11 is 5.51. The lowest BCUT2D eigenvalue weighted by atomic mass is 9.70.